The first-order valence-corrected chi connectivity index (χ1v) is 4.55. The van der Waals surface area contributed by atoms with E-state index in [0.717, 1.165) is 12.8 Å². The number of cyclic esters (lactones) is 1. The maximum absolute atomic E-state index is 11.2. The molecule has 0 aromatic carbocycles. The zero-order valence-electron chi connectivity index (χ0n) is 7.59. The first-order chi connectivity index (χ1) is 5.70. The van der Waals surface area contributed by atoms with Gasteiger partial charge >= 0.3 is 5.97 Å². The van der Waals surface area contributed by atoms with E-state index in [2.05, 4.69) is 6.92 Å². The molecule has 2 heteroatoms. The van der Waals surface area contributed by atoms with E-state index in [0.29, 0.717) is 12.5 Å². The van der Waals surface area contributed by atoms with Gasteiger partial charge in [-0.25, -0.2) is 0 Å². The number of fused-ring (bicyclic) bond motifs is 1. The Hall–Kier alpha value is -0.790. The summed E-state index contributed by atoms with van der Waals surface area (Å²) in [4.78, 5) is 11.2. The Morgan fingerprint density at radius 3 is 3.00 bits per heavy atom. The molecule has 1 aliphatic heterocycles. The lowest BCUT2D eigenvalue weighted by Crippen LogP contribution is -2.30. The van der Waals surface area contributed by atoms with Gasteiger partial charge in [-0.15, -0.1) is 0 Å². The van der Waals surface area contributed by atoms with Gasteiger partial charge in [-0.05, 0) is 31.3 Å². The minimum Gasteiger partial charge on any atom is -0.461 e. The average molecular weight is 166 g/mol. The third-order valence-electron chi connectivity index (χ3n) is 3.17. The van der Waals surface area contributed by atoms with Crippen LogP contribution in [0.3, 0.4) is 0 Å². The molecule has 0 bridgehead atoms. The molecular formula is C10H14O2. The van der Waals surface area contributed by atoms with Crippen LogP contribution in [0.1, 0.15) is 26.7 Å². The van der Waals surface area contributed by atoms with Gasteiger partial charge in [-0.3, -0.25) is 4.79 Å². The van der Waals surface area contributed by atoms with E-state index >= 15 is 0 Å². The highest BCUT2D eigenvalue weighted by atomic mass is 16.5. The standard InChI is InChI=1S/C10H14O2/c1-6-3-4-8-7(2)10(11)12-5-9(6)8/h7-8H,3-5H2,1-2H3. The Labute approximate surface area is 72.6 Å². The topological polar surface area (TPSA) is 26.3 Å². The van der Waals surface area contributed by atoms with Crippen molar-refractivity contribution in [3.63, 3.8) is 0 Å². The normalized spacial score (nSPS) is 35.0. The van der Waals surface area contributed by atoms with Gasteiger partial charge in [0.25, 0.3) is 0 Å². The second-order valence-electron chi connectivity index (χ2n) is 3.85. The molecule has 0 radical (unpaired) electrons. The van der Waals surface area contributed by atoms with Gasteiger partial charge in [0.1, 0.15) is 6.61 Å². The van der Waals surface area contributed by atoms with Crippen molar-refractivity contribution in [2.45, 2.75) is 26.7 Å². The first kappa shape index (κ1) is 7.84. The first-order valence-electron chi connectivity index (χ1n) is 4.55. The van der Waals surface area contributed by atoms with Gasteiger partial charge in [0.2, 0.25) is 0 Å². The smallest absolute Gasteiger partial charge is 0.309 e. The zero-order valence-corrected chi connectivity index (χ0v) is 7.59. The molecule has 2 atom stereocenters. The number of rotatable bonds is 0. The van der Waals surface area contributed by atoms with Crippen molar-refractivity contribution in [2.75, 3.05) is 6.61 Å². The number of ether oxygens (including phenoxy) is 1. The summed E-state index contributed by atoms with van der Waals surface area (Å²) in [5.74, 6) is 0.566. The largest absolute Gasteiger partial charge is 0.461 e. The molecule has 0 spiro atoms. The van der Waals surface area contributed by atoms with Crippen LogP contribution in [0.5, 0.6) is 0 Å². The predicted molar refractivity (Wildman–Crippen MR) is 45.5 cm³/mol. The minimum atomic E-state index is -0.0153. The fourth-order valence-corrected chi connectivity index (χ4v) is 2.25. The summed E-state index contributed by atoms with van der Waals surface area (Å²) < 4.78 is 5.08. The van der Waals surface area contributed by atoms with Gasteiger partial charge < -0.3 is 4.74 Å². The fourth-order valence-electron chi connectivity index (χ4n) is 2.25. The van der Waals surface area contributed by atoms with Crippen LogP contribution >= 0.6 is 0 Å². The third kappa shape index (κ3) is 0.977. The van der Waals surface area contributed by atoms with Crippen LogP contribution in [0, 0.1) is 11.8 Å². The molecule has 2 unspecified atom stereocenters. The summed E-state index contributed by atoms with van der Waals surface area (Å²) in [6, 6.07) is 0. The Balaban J connectivity index is 2.27. The van der Waals surface area contributed by atoms with E-state index in [9.17, 15) is 4.79 Å². The third-order valence-corrected chi connectivity index (χ3v) is 3.17. The minimum absolute atomic E-state index is 0.0153. The number of carbonyl (C=O) groups is 1. The van der Waals surface area contributed by atoms with Gasteiger partial charge in [0, 0.05) is 0 Å². The van der Waals surface area contributed by atoms with Crippen LogP contribution in [0.4, 0.5) is 0 Å². The van der Waals surface area contributed by atoms with Crippen LogP contribution in [0.15, 0.2) is 11.1 Å². The van der Waals surface area contributed by atoms with Crippen molar-refractivity contribution >= 4 is 5.97 Å². The summed E-state index contributed by atoms with van der Waals surface area (Å²) >= 11 is 0. The van der Waals surface area contributed by atoms with E-state index in [1.807, 2.05) is 6.92 Å². The summed E-state index contributed by atoms with van der Waals surface area (Å²) in [6.07, 6.45) is 2.30. The van der Waals surface area contributed by atoms with Crippen LogP contribution in [-0.2, 0) is 9.53 Å². The van der Waals surface area contributed by atoms with E-state index < -0.39 is 0 Å². The van der Waals surface area contributed by atoms with Crippen LogP contribution in [-0.4, -0.2) is 12.6 Å². The Morgan fingerprint density at radius 1 is 1.50 bits per heavy atom. The van der Waals surface area contributed by atoms with Crippen molar-refractivity contribution in [1.29, 1.82) is 0 Å². The molecule has 2 nitrogen and oxygen atoms in total. The van der Waals surface area contributed by atoms with E-state index in [-0.39, 0.29) is 11.9 Å². The Bertz CT molecular complexity index is 253. The average Bonchev–Trinajstić information content (AvgIpc) is 2.41. The van der Waals surface area contributed by atoms with E-state index in [1.54, 1.807) is 0 Å². The highest BCUT2D eigenvalue weighted by Crippen LogP contribution is 2.39. The quantitative estimate of drug-likeness (QED) is 0.406. The summed E-state index contributed by atoms with van der Waals surface area (Å²) in [6.45, 7) is 4.69. The highest BCUT2D eigenvalue weighted by molar-refractivity contribution is 5.74. The second-order valence-corrected chi connectivity index (χ2v) is 3.85. The molecule has 0 amide bonds. The molecule has 1 heterocycles. The molecule has 2 rings (SSSR count). The van der Waals surface area contributed by atoms with Gasteiger partial charge in [0.05, 0.1) is 5.92 Å². The van der Waals surface area contributed by atoms with Crippen molar-refractivity contribution in [3.05, 3.63) is 11.1 Å². The van der Waals surface area contributed by atoms with Crippen LogP contribution < -0.4 is 0 Å². The zero-order chi connectivity index (χ0) is 8.72. The lowest BCUT2D eigenvalue weighted by Gasteiger charge is -2.26. The Morgan fingerprint density at radius 2 is 2.25 bits per heavy atom. The molecule has 1 saturated heterocycles. The number of esters is 1. The molecule has 2 aliphatic rings. The van der Waals surface area contributed by atoms with E-state index in [4.69, 9.17) is 4.74 Å². The highest BCUT2D eigenvalue weighted by Gasteiger charge is 2.36. The molecule has 66 valence electrons. The molecule has 0 aromatic heterocycles. The summed E-state index contributed by atoms with van der Waals surface area (Å²) in [7, 11) is 0. The maximum Gasteiger partial charge on any atom is 0.309 e. The summed E-state index contributed by atoms with van der Waals surface area (Å²) in [5.41, 5.74) is 2.83. The van der Waals surface area contributed by atoms with Crippen LogP contribution in [0.25, 0.3) is 0 Å². The lowest BCUT2D eigenvalue weighted by atomic mass is 9.86. The monoisotopic (exact) mass is 166 g/mol. The van der Waals surface area contributed by atoms with Crippen molar-refractivity contribution in [2.24, 2.45) is 11.8 Å². The number of allylic oxidation sites excluding steroid dienone is 1. The van der Waals surface area contributed by atoms with Crippen LogP contribution in [0.2, 0.25) is 0 Å². The molecule has 12 heavy (non-hydrogen) atoms. The fraction of sp³-hybridized carbons (Fsp3) is 0.700. The predicted octanol–water partition coefficient (Wildman–Crippen LogP) is 1.91. The van der Waals surface area contributed by atoms with Crippen molar-refractivity contribution in [1.82, 2.24) is 0 Å². The number of carbonyl (C=O) groups excluding carboxylic acids is 1. The molecule has 0 saturated carbocycles. The maximum atomic E-state index is 11.2. The SMILES string of the molecule is CC1=C2COC(=O)C(C)C2CC1. The second kappa shape index (κ2) is 2.61. The Kier molecular flexibility index (Phi) is 1.71. The number of hydrogen-bond donors (Lipinski definition) is 0. The molecule has 0 N–H and O–H groups in total. The van der Waals surface area contributed by atoms with E-state index in [1.165, 1.54) is 11.1 Å². The van der Waals surface area contributed by atoms with Gasteiger partial charge in [0.15, 0.2) is 0 Å². The van der Waals surface area contributed by atoms with Gasteiger partial charge in [-0.1, -0.05) is 12.5 Å². The molecule has 1 fully saturated rings. The molecule has 1 aliphatic carbocycles. The summed E-state index contributed by atoms with van der Waals surface area (Å²) in [5, 5.41) is 0. The van der Waals surface area contributed by atoms with Crippen molar-refractivity contribution < 1.29 is 9.53 Å². The van der Waals surface area contributed by atoms with Crippen molar-refractivity contribution in [3.8, 4) is 0 Å². The lowest BCUT2D eigenvalue weighted by molar-refractivity contribution is -0.151. The number of hydrogen-bond acceptors (Lipinski definition) is 2. The van der Waals surface area contributed by atoms with Gasteiger partial charge in [-0.2, -0.15) is 0 Å². The molecule has 0 aromatic rings. The molecular weight excluding hydrogens is 152 g/mol.